The maximum absolute atomic E-state index is 13.0. The predicted molar refractivity (Wildman–Crippen MR) is 106 cm³/mol. The van der Waals surface area contributed by atoms with E-state index in [1.807, 2.05) is 0 Å². The van der Waals surface area contributed by atoms with Crippen LogP contribution in [0.2, 0.25) is 0 Å². The van der Waals surface area contributed by atoms with Gasteiger partial charge in [-0.1, -0.05) is 0 Å². The molecule has 1 aromatic carbocycles. The molecule has 0 aliphatic carbocycles. The molecule has 0 saturated carbocycles. The van der Waals surface area contributed by atoms with Crippen LogP contribution in [0.5, 0.6) is 0 Å². The number of benzene rings is 1. The van der Waals surface area contributed by atoms with Crippen LogP contribution in [-0.4, -0.2) is 72.7 Å². The number of rotatable bonds is 4. The molecule has 2 N–H and O–H groups in total. The van der Waals surface area contributed by atoms with Gasteiger partial charge in [0.2, 0.25) is 5.91 Å². The molecule has 0 spiro atoms. The van der Waals surface area contributed by atoms with Gasteiger partial charge in [-0.2, -0.15) is 0 Å². The van der Waals surface area contributed by atoms with E-state index in [-0.39, 0.29) is 41.2 Å². The van der Waals surface area contributed by atoms with Crippen molar-refractivity contribution in [3.05, 3.63) is 34.9 Å². The minimum atomic E-state index is -0.376. The minimum Gasteiger partial charge on any atom is -0.354 e. The number of carbonyl (C=O) groups excluding carboxylic acids is 4. The van der Waals surface area contributed by atoms with Crippen LogP contribution in [-0.2, 0) is 4.79 Å². The van der Waals surface area contributed by atoms with E-state index in [2.05, 4.69) is 10.6 Å². The van der Waals surface area contributed by atoms with Crippen molar-refractivity contribution < 1.29 is 19.2 Å². The van der Waals surface area contributed by atoms with Crippen molar-refractivity contribution in [2.45, 2.75) is 31.7 Å². The van der Waals surface area contributed by atoms with Crippen molar-refractivity contribution in [1.82, 2.24) is 20.4 Å². The molecule has 0 bridgehead atoms. The number of nitrogens with zero attached hydrogens (tertiary/aromatic N) is 2. The fourth-order valence-electron chi connectivity index (χ4n) is 4.37. The monoisotopic (exact) mass is 398 g/mol. The second-order valence-corrected chi connectivity index (χ2v) is 8.08. The van der Waals surface area contributed by atoms with E-state index in [9.17, 15) is 19.2 Å². The van der Waals surface area contributed by atoms with Gasteiger partial charge in [0.1, 0.15) is 0 Å². The average molecular weight is 398 g/mol. The summed E-state index contributed by atoms with van der Waals surface area (Å²) in [5.74, 6) is -0.608. The normalized spacial score (nSPS) is 24.0. The van der Waals surface area contributed by atoms with Crippen LogP contribution in [0, 0.1) is 5.92 Å². The number of likely N-dealkylation sites (tertiary alicyclic amines) is 1. The summed E-state index contributed by atoms with van der Waals surface area (Å²) in [6.45, 7) is 2.66. The third-order valence-electron chi connectivity index (χ3n) is 6.08. The second kappa shape index (κ2) is 7.94. The van der Waals surface area contributed by atoms with Crippen LogP contribution in [0.25, 0.3) is 0 Å². The van der Waals surface area contributed by atoms with Crippen molar-refractivity contribution in [2.75, 3.05) is 33.2 Å². The molecule has 2 fully saturated rings. The smallest absolute Gasteiger partial charge is 0.261 e. The minimum absolute atomic E-state index is 0.0388. The zero-order chi connectivity index (χ0) is 20.5. The molecule has 2 saturated heterocycles. The summed E-state index contributed by atoms with van der Waals surface area (Å²) in [5, 5.41) is 6.21. The van der Waals surface area contributed by atoms with Crippen molar-refractivity contribution >= 4 is 23.6 Å². The van der Waals surface area contributed by atoms with E-state index < -0.39 is 0 Å². The van der Waals surface area contributed by atoms with Gasteiger partial charge in [0.25, 0.3) is 17.7 Å². The van der Waals surface area contributed by atoms with Gasteiger partial charge < -0.3 is 15.5 Å². The third kappa shape index (κ3) is 3.76. The summed E-state index contributed by atoms with van der Waals surface area (Å²) >= 11 is 0. The lowest BCUT2D eigenvalue weighted by Gasteiger charge is -2.33. The molecular weight excluding hydrogens is 372 g/mol. The van der Waals surface area contributed by atoms with Crippen LogP contribution in [0.15, 0.2) is 18.2 Å². The fraction of sp³-hybridized carbons (Fsp3) is 0.524. The summed E-state index contributed by atoms with van der Waals surface area (Å²) in [5.41, 5.74) is 1.04. The lowest BCUT2D eigenvalue weighted by Crippen LogP contribution is -2.46. The standard InChI is InChI=1S/C21H26N4O4/c1-24-20(28)15-7-6-14(10-16(15)21(24)29)19(27)25-9-3-4-13(12-25)11-23-18(26)17-5-2-8-22-17/h6-7,10,13,17,22H,2-5,8-9,11-12H2,1H3,(H,23,26). The Morgan fingerprint density at radius 1 is 1.14 bits per heavy atom. The van der Waals surface area contributed by atoms with Gasteiger partial charge in [0.05, 0.1) is 17.2 Å². The van der Waals surface area contributed by atoms with E-state index in [4.69, 9.17) is 0 Å². The molecule has 2 unspecified atom stereocenters. The largest absolute Gasteiger partial charge is 0.354 e. The van der Waals surface area contributed by atoms with Crippen LogP contribution in [0.1, 0.15) is 56.8 Å². The van der Waals surface area contributed by atoms with Gasteiger partial charge in [-0.15, -0.1) is 0 Å². The number of imide groups is 1. The maximum Gasteiger partial charge on any atom is 0.261 e. The van der Waals surface area contributed by atoms with E-state index in [0.717, 1.165) is 37.1 Å². The quantitative estimate of drug-likeness (QED) is 0.725. The summed E-state index contributed by atoms with van der Waals surface area (Å²) in [4.78, 5) is 52.3. The zero-order valence-electron chi connectivity index (χ0n) is 16.6. The summed E-state index contributed by atoms with van der Waals surface area (Å²) in [6.07, 6.45) is 3.73. The zero-order valence-corrected chi connectivity index (χ0v) is 16.6. The Morgan fingerprint density at radius 3 is 2.69 bits per heavy atom. The molecule has 4 rings (SSSR count). The Labute approximate surface area is 169 Å². The van der Waals surface area contributed by atoms with E-state index >= 15 is 0 Å². The molecule has 8 heteroatoms. The lowest BCUT2D eigenvalue weighted by molar-refractivity contribution is -0.123. The number of hydrogen-bond acceptors (Lipinski definition) is 5. The number of hydrogen-bond donors (Lipinski definition) is 2. The molecule has 2 atom stereocenters. The van der Waals surface area contributed by atoms with Gasteiger partial charge in [-0.25, -0.2) is 0 Å². The Hall–Kier alpha value is -2.74. The first kappa shape index (κ1) is 19.6. The predicted octanol–water partition coefficient (Wildman–Crippen LogP) is 0.633. The van der Waals surface area contributed by atoms with Crippen LogP contribution < -0.4 is 10.6 Å². The maximum atomic E-state index is 13.0. The van der Waals surface area contributed by atoms with Crippen LogP contribution >= 0.6 is 0 Å². The number of piperidine rings is 1. The molecular formula is C21H26N4O4. The number of fused-ring (bicyclic) bond motifs is 1. The van der Waals surface area contributed by atoms with Crippen molar-refractivity contribution in [1.29, 1.82) is 0 Å². The molecule has 3 aliphatic rings. The second-order valence-electron chi connectivity index (χ2n) is 8.08. The fourth-order valence-corrected chi connectivity index (χ4v) is 4.37. The van der Waals surface area contributed by atoms with Gasteiger partial charge in [0.15, 0.2) is 0 Å². The van der Waals surface area contributed by atoms with Crippen molar-refractivity contribution in [3.8, 4) is 0 Å². The highest BCUT2D eigenvalue weighted by Crippen LogP contribution is 2.24. The van der Waals surface area contributed by atoms with E-state index in [1.54, 1.807) is 17.0 Å². The van der Waals surface area contributed by atoms with Crippen LogP contribution in [0.4, 0.5) is 0 Å². The summed E-state index contributed by atoms with van der Waals surface area (Å²) in [7, 11) is 1.44. The van der Waals surface area contributed by atoms with E-state index in [0.29, 0.717) is 30.8 Å². The molecule has 8 nitrogen and oxygen atoms in total. The SMILES string of the molecule is CN1C(=O)c2ccc(C(=O)N3CCCC(CNC(=O)C4CCCN4)C3)cc2C1=O. The Kier molecular flexibility index (Phi) is 5.36. The van der Waals surface area contributed by atoms with Gasteiger partial charge in [-0.05, 0) is 56.3 Å². The number of carbonyl (C=O) groups is 4. The molecule has 154 valence electrons. The average Bonchev–Trinajstić information content (AvgIpc) is 3.36. The Bertz CT molecular complexity index is 862. The number of amides is 4. The summed E-state index contributed by atoms with van der Waals surface area (Å²) < 4.78 is 0. The molecule has 4 amide bonds. The Balaban J connectivity index is 1.38. The first-order valence-corrected chi connectivity index (χ1v) is 10.2. The third-order valence-corrected chi connectivity index (χ3v) is 6.08. The Morgan fingerprint density at radius 2 is 1.93 bits per heavy atom. The molecule has 3 aliphatic heterocycles. The summed E-state index contributed by atoms with van der Waals surface area (Å²) in [6, 6.07) is 4.60. The lowest BCUT2D eigenvalue weighted by atomic mass is 9.96. The van der Waals surface area contributed by atoms with Crippen molar-refractivity contribution in [3.63, 3.8) is 0 Å². The molecule has 3 heterocycles. The first-order valence-electron chi connectivity index (χ1n) is 10.2. The highest BCUT2D eigenvalue weighted by molar-refractivity contribution is 6.21. The first-order chi connectivity index (χ1) is 14.0. The highest BCUT2D eigenvalue weighted by Gasteiger charge is 2.34. The molecule has 0 aromatic heterocycles. The molecule has 29 heavy (non-hydrogen) atoms. The van der Waals surface area contributed by atoms with Gasteiger partial charge >= 0.3 is 0 Å². The van der Waals surface area contributed by atoms with Gasteiger partial charge in [-0.3, -0.25) is 24.1 Å². The van der Waals surface area contributed by atoms with Crippen LogP contribution in [0.3, 0.4) is 0 Å². The van der Waals surface area contributed by atoms with Gasteiger partial charge in [0, 0.05) is 32.2 Å². The topological polar surface area (TPSA) is 98.8 Å². The number of nitrogens with one attached hydrogen (secondary N) is 2. The molecule has 0 radical (unpaired) electrons. The van der Waals surface area contributed by atoms with Crippen molar-refractivity contribution in [2.24, 2.45) is 5.92 Å². The van der Waals surface area contributed by atoms with E-state index in [1.165, 1.54) is 13.1 Å². The highest BCUT2D eigenvalue weighted by atomic mass is 16.2. The molecule has 1 aromatic rings.